The first-order valence-corrected chi connectivity index (χ1v) is 8.42. The Morgan fingerprint density at radius 2 is 2.14 bits per heavy atom. The molecule has 2 atom stereocenters. The Bertz CT molecular complexity index is 745. The van der Waals surface area contributed by atoms with Crippen LogP contribution in [0.1, 0.15) is 30.0 Å². The van der Waals surface area contributed by atoms with Gasteiger partial charge in [0, 0.05) is 18.4 Å². The largest absolute Gasteiger partial charge is 0.328 e. The molecule has 5 heteroatoms. The quantitative estimate of drug-likeness (QED) is 0.719. The van der Waals surface area contributed by atoms with E-state index >= 15 is 0 Å². The predicted molar refractivity (Wildman–Crippen MR) is 92.5 cm³/mol. The normalized spacial score (nSPS) is 14.6. The van der Waals surface area contributed by atoms with Gasteiger partial charge >= 0.3 is 0 Å². The third-order valence-corrected chi connectivity index (χ3v) is 5.09. The van der Waals surface area contributed by atoms with E-state index in [1.807, 2.05) is 12.5 Å². The number of hydrogen-bond acceptors (Lipinski definition) is 4. The van der Waals surface area contributed by atoms with Crippen LogP contribution in [-0.4, -0.2) is 39.6 Å². The van der Waals surface area contributed by atoms with Crippen LogP contribution in [0, 0.1) is 6.92 Å². The van der Waals surface area contributed by atoms with Crippen LogP contribution >= 0.6 is 11.3 Å². The zero-order valence-corrected chi connectivity index (χ0v) is 14.3. The van der Waals surface area contributed by atoms with Gasteiger partial charge in [-0.3, -0.25) is 0 Å². The lowest BCUT2D eigenvalue weighted by Gasteiger charge is -2.33. The first-order chi connectivity index (χ1) is 10.6. The summed E-state index contributed by atoms with van der Waals surface area (Å²) in [5, 5.41) is 1.12. The molecule has 0 amide bonds. The zero-order chi connectivity index (χ0) is 15.7. The Balaban J connectivity index is 2.10. The molecule has 4 nitrogen and oxygen atoms in total. The van der Waals surface area contributed by atoms with E-state index in [-0.39, 0.29) is 6.04 Å². The summed E-state index contributed by atoms with van der Waals surface area (Å²) in [6.45, 7) is 4.30. The van der Waals surface area contributed by atoms with Gasteiger partial charge in [0.05, 0.1) is 27.6 Å². The van der Waals surface area contributed by atoms with E-state index in [9.17, 15) is 0 Å². The molecule has 0 radical (unpaired) electrons. The molecule has 0 saturated heterocycles. The van der Waals surface area contributed by atoms with E-state index in [2.05, 4.69) is 71.8 Å². The van der Waals surface area contributed by atoms with Crippen LogP contribution in [0.4, 0.5) is 0 Å². The first kappa shape index (κ1) is 15.2. The smallest absolute Gasteiger partial charge is 0.0952 e. The number of benzene rings is 1. The minimum absolute atomic E-state index is 0.259. The molecule has 0 spiro atoms. The number of hydrogen-bond donors (Lipinski definition) is 0. The van der Waals surface area contributed by atoms with E-state index in [0.717, 1.165) is 16.9 Å². The van der Waals surface area contributed by atoms with E-state index in [4.69, 9.17) is 0 Å². The summed E-state index contributed by atoms with van der Waals surface area (Å²) in [7, 11) is 4.29. The maximum Gasteiger partial charge on any atom is 0.0952 e. The molecule has 2 unspecified atom stereocenters. The van der Waals surface area contributed by atoms with Gasteiger partial charge in [0.1, 0.15) is 0 Å². The van der Waals surface area contributed by atoms with Crippen LogP contribution in [0.15, 0.2) is 36.9 Å². The van der Waals surface area contributed by atoms with Crippen LogP contribution in [-0.2, 0) is 0 Å². The van der Waals surface area contributed by atoms with Gasteiger partial charge in [0.2, 0.25) is 0 Å². The standard InChI is InChI=1S/C17H22N4S/c1-5-15(20(3)4)17(21-9-8-18-11-21)13-6-7-14-16(10-13)22-12(2)19-14/h6-11,15,17H,5H2,1-4H3. The Labute approximate surface area is 135 Å². The van der Waals surface area contributed by atoms with Crippen molar-refractivity contribution in [3.05, 3.63) is 47.5 Å². The molecule has 0 N–H and O–H groups in total. The molecule has 0 aliphatic carbocycles. The Morgan fingerprint density at radius 1 is 1.32 bits per heavy atom. The Morgan fingerprint density at radius 3 is 2.77 bits per heavy atom. The van der Waals surface area contributed by atoms with Crippen molar-refractivity contribution in [1.29, 1.82) is 0 Å². The summed E-state index contributed by atoms with van der Waals surface area (Å²) in [5.41, 5.74) is 2.41. The van der Waals surface area contributed by atoms with Crippen LogP contribution in [0.3, 0.4) is 0 Å². The van der Waals surface area contributed by atoms with Crippen molar-refractivity contribution >= 4 is 21.6 Å². The van der Waals surface area contributed by atoms with Gasteiger partial charge in [-0.15, -0.1) is 11.3 Å². The first-order valence-electron chi connectivity index (χ1n) is 7.61. The fraction of sp³-hybridized carbons (Fsp3) is 0.412. The number of aryl methyl sites for hydroxylation is 1. The summed E-state index contributed by atoms with van der Waals surface area (Å²) in [5.74, 6) is 0. The average molecular weight is 314 g/mol. The van der Waals surface area contributed by atoms with Crippen LogP contribution < -0.4 is 0 Å². The molecular formula is C17H22N4S. The van der Waals surface area contributed by atoms with Crippen molar-refractivity contribution in [1.82, 2.24) is 19.4 Å². The molecule has 22 heavy (non-hydrogen) atoms. The fourth-order valence-electron chi connectivity index (χ4n) is 3.14. The minimum Gasteiger partial charge on any atom is -0.328 e. The maximum atomic E-state index is 4.57. The van der Waals surface area contributed by atoms with Crippen molar-refractivity contribution in [3.8, 4) is 0 Å². The second kappa shape index (κ2) is 6.18. The second-order valence-corrected chi connectivity index (χ2v) is 7.09. The van der Waals surface area contributed by atoms with Gasteiger partial charge in [0.25, 0.3) is 0 Å². The SMILES string of the molecule is CCC(C(c1ccc2nc(C)sc2c1)n1ccnc1)N(C)C. The minimum atomic E-state index is 0.259. The lowest BCUT2D eigenvalue weighted by Crippen LogP contribution is -2.36. The highest BCUT2D eigenvalue weighted by molar-refractivity contribution is 7.18. The van der Waals surface area contributed by atoms with Gasteiger partial charge in [-0.2, -0.15) is 0 Å². The lowest BCUT2D eigenvalue weighted by molar-refractivity contribution is 0.227. The average Bonchev–Trinajstić information content (AvgIpc) is 3.11. The Hall–Kier alpha value is -1.72. The lowest BCUT2D eigenvalue weighted by atomic mass is 9.96. The molecular weight excluding hydrogens is 292 g/mol. The van der Waals surface area contributed by atoms with Gasteiger partial charge in [-0.05, 0) is 45.1 Å². The number of nitrogens with zero attached hydrogens (tertiary/aromatic N) is 4. The van der Waals surface area contributed by atoms with Crippen molar-refractivity contribution in [2.45, 2.75) is 32.4 Å². The van der Waals surface area contributed by atoms with Crippen molar-refractivity contribution < 1.29 is 0 Å². The molecule has 0 bridgehead atoms. The van der Waals surface area contributed by atoms with Crippen LogP contribution in [0.25, 0.3) is 10.2 Å². The maximum absolute atomic E-state index is 4.57. The van der Waals surface area contributed by atoms with Gasteiger partial charge in [-0.25, -0.2) is 9.97 Å². The number of rotatable bonds is 5. The molecule has 0 aliphatic heterocycles. The second-order valence-electron chi connectivity index (χ2n) is 5.85. The molecule has 116 valence electrons. The number of likely N-dealkylation sites (N-methyl/N-ethyl adjacent to an activating group) is 1. The molecule has 2 aromatic heterocycles. The molecule has 0 aliphatic rings. The molecule has 3 rings (SSSR count). The predicted octanol–water partition coefficient (Wildman–Crippen LogP) is 3.73. The number of thiazole rings is 1. The summed E-state index contributed by atoms with van der Waals surface area (Å²) >= 11 is 1.76. The molecule has 2 heterocycles. The van der Waals surface area contributed by atoms with E-state index < -0.39 is 0 Å². The molecule has 3 aromatic rings. The monoisotopic (exact) mass is 314 g/mol. The Kier molecular flexibility index (Phi) is 4.27. The highest BCUT2D eigenvalue weighted by Crippen LogP contribution is 2.31. The van der Waals surface area contributed by atoms with E-state index in [0.29, 0.717) is 6.04 Å². The summed E-state index contributed by atoms with van der Waals surface area (Å²) in [6.07, 6.45) is 6.90. The summed E-state index contributed by atoms with van der Waals surface area (Å²) < 4.78 is 3.47. The number of fused-ring (bicyclic) bond motifs is 1. The van der Waals surface area contributed by atoms with E-state index in [1.165, 1.54) is 10.3 Å². The highest BCUT2D eigenvalue weighted by Gasteiger charge is 2.25. The van der Waals surface area contributed by atoms with Gasteiger partial charge in [-0.1, -0.05) is 13.0 Å². The molecule has 0 fully saturated rings. The van der Waals surface area contributed by atoms with E-state index in [1.54, 1.807) is 11.3 Å². The van der Waals surface area contributed by atoms with Crippen molar-refractivity contribution in [3.63, 3.8) is 0 Å². The molecule has 0 saturated carbocycles. The van der Waals surface area contributed by atoms with Crippen molar-refractivity contribution in [2.24, 2.45) is 0 Å². The van der Waals surface area contributed by atoms with Crippen LogP contribution in [0.5, 0.6) is 0 Å². The summed E-state index contributed by atoms with van der Waals surface area (Å²) in [4.78, 5) is 11.1. The zero-order valence-electron chi connectivity index (χ0n) is 13.5. The third-order valence-electron chi connectivity index (χ3n) is 4.15. The summed E-state index contributed by atoms with van der Waals surface area (Å²) in [6, 6.07) is 7.31. The highest BCUT2D eigenvalue weighted by atomic mass is 32.1. The molecule has 1 aromatic carbocycles. The fourth-order valence-corrected chi connectivity index (χ4v) is 4.01. The topological polar surface area (TPSA) is 34.0 Å². The van der Waals surface area contributed by atoms with Gasteiger partial charge < -0.3 is 9.47 Å². The third kappa shape index (κ3) is 2.78. The number of aromatic nitrogens is 3. The van der Waals surface area contributed by atoms with Crippen LogP contribution in [0.2, 0.25) is 0 Å². The van der Waals surface area contributed by atoms with Gasteiger partial charge in [0.15, 0.2) is 0 Å². The number of imidazole rings is 1. The van der Waals surface area contributed by atoms with Crippen molar-refractivity contribution in [2.75, 3.05) is 14.1 Å².